The molecule has 2 aromatic carbocycles. The van der Waals surface area contributed by atoms with Crippen LogP contribution in [-0.4, -0.2) is 74.3 Å². The summed E-state index contributed by atoms with van der Waals surface area (Å²) in [5.74, 6) is 0. The van der Waals surface area contributed by atoms with Gasteiger partial charge < -0.3 is 15.1 Å². The van der Waals surface area contributed by atoms with Crippen LogP contribution in [0.25, 0.3) is 0 Å². The van der Waals surface area contributed by atoms with E-state index in [0.29, 0.717) is 38.4 Å². The predicted octanol–water partition coefficient (Wildman–Crippen LogP) is 2.59. The molecule has 3 rings (SSSR count). The molecule has 32 heavy (non-hydrogen) atoms. The van der Waals surface area contributed by atoms with E-state index in [2.05, 4.69) is 34.2 Å². The molecule has 1 fully saturated rings. The normalized spacial score (nSPS) is 15.8. The lowest BCUT2D eigenvalue weighted by atomic mass is 10.1. The van der Waals surface area contributed by atoms with E-state index in [1.807, 2.05) is 26.2 Å². The molecule has 0 unspecified atom stereocenters. The summed E-state index contributed by atoms with van der Waals surface area (Å²) in [6, 6.07) is 12.1. The third-order valence-electron chi connectivity index (χ3n) is 5.73. The molecule has 0 amide bonds. The SMILES string of the molecule is CCN(C)Cc1cccc(CNc2ccc(S(=O)(=O)N3CCN(C)CC3)cc2[N+](=O)[O-])c1. The number of hydrogen-bond acceptors (Lipinski definition) is 7. The number of anilines is 1. The molecule has 9 nitrogen and oxygen atoms in total. The maximum Gasteiger partial charge on any atom is 0.293 e. The molecule has 0 aliphatic carbocycles. The van der Waals surface area contributed by atoms with Gasteiger partial charge in [0.2, 0.25) is 10.0 Å². The van der Waals surface area contributed by atoms with E-state index < -0.39 is 14.9 Å². The van der Waals surface area contributed by atoms with Crippen molar-refractivity contribution in [3.63, 3.8) is 0 Å². The number of nitrogens with one attached hydrogen (secondary N) is 1. The van der Waals surface area contributed by atoms with Gasteiger partial charge in [0.05, 0.1) is 9.82 Å². The lowest BCUT2D eigenvalue weighted by Crippen LogP contribution is -2.47. The van der Waals surface area contributed by atoms with Crippen molar-refractivity contribution in [2.75, 3.05) is 52.1 Å². The monoisotopic (exact) mass is 461 g/mol. The van der Waals surface area contributed by atoms with Gasteiger partial charge >= 0.3 is 0 Å². The average Bonchev–Trinajstić information content (AvgIpc) is 2.78. The highest BCUT2D eigenvalue weighted by molar-refractivity contribution is 7.89. The van der Waals surface area contributed by atoms with Crippen molar-refractivity contribution in [1.29, 1.82) is 0 Å². The summed E-state index contributed by atoms with van der Waals surface area (Å²) < 4.78 is 27.3. The fourth-order valence-corrected chi connectivity index (χ4v) is 5.05. The first-order chi connectivity index (χ1) is 15.2. The smallest absolute Gasteiger partial charge is 0.293 e. The number of nitro groups is 1. The quantitative estimate of drug-likeness (QED) is 0.453. The van der Waals surface area contributed by atoms with Crippen LogP contribution >= 0.6 is 0 Å². The second kappa shape index (κ2) is 10.4. The predicted molar refractivity (Wildman–Crippen MR) is 125 cm³/mol. The molecular formula is C22H31N5O4S. The minimum atomic E-state index is -3.78. The molecule has 0 radical (unpaired) electrons. The number of piperazine rings is 1. The number of likely N-dealkylation sites (N-methyl/N-ethyl adjacent to an activating group) is 1. The van der Waals surface area contributed by atoms with Crippen LogP contribution in [0.4, 0.5) is 11.4 Å². The number of sulfonamides is 1. The van der Waals surface area contributed by atoms with Crippen molar-refractivity contribution >= 4 is 21.4 Å². The summed E-state index contributed by atoms with van der Waals surface area (Å²) in [7, 11) is 0.210. The van der Waals surface area contributed by atoms with E-state index in [1.54, 1.807) is 0 Å². The van der Waals surface area contributed by atoms with Gasteiger partial charge in [0.1, 0.15) is 5.69 Å². The minimum absolute atomic E-state index is 0.0519. The maximum absolute atomic E-state index is 13.0. The van der Waals surface area contributed by atoms with Gasteiger partial charge in [0.15, 0.2) is 0 Å². The third kappa shape index (κ3) is 5.83. The molecule has 174 valence electrons. The first-order valence-corrected chi connectivity index (χ1v) is 12.1. The van der Waals surface area contributed by atoms with E-state index in [4.69, 9.17) is 0 Å². The van der Waals surface area contributed by atoms with Gasteiger partial charge in [-0.1, -0.05) is 31.2 Å². The number of benzene rings is 2. The fraction of sp³-hybridized carbons (Fsp3) is 0.455. The summed E-state index contributed by atoms with van der Waals surface area (Å²) in [5.41, 5.74) is 2.21. The number of nitrogens with zero attached hydrogens (tertiary/aromatic N) is 4. The van der Waals surface area contributed by atoms with Gasteiger partial charge in [-0.2, -0.15) is 4.31 Å². The molecule has 1 aliphatic heterocycles. The van der Waals surface area contributed by atoms with Crippen molar-refractivity contribution in [3.8, 4) is 0 Å². The van der Waals surface area contributed by atoms with Crippen LogP contribution in [0.15, 0.2) is 47.4 Å². The maximum atomic E-state index is 13.0. The molecule has 1 saturated heterocycles. The molecule has 1 aliphatic rings. The number of hydrogen-bond donors (Lipinski definition) is 1. The Morgan fingerprint density at radius 1 is 1.09 bits per heavy atom. The summed E-state index contributed by atoms with van der Waals surface area (Å²) in [6.07, 6.45) is 0. The third-order valence-corrected chi connectivity index (χ3v) is 7.63. The first-order valence-electron chi connectivity index (χ1n) is 10.7. The van der Waals surface area contributed by atoms with Crippen LogP contribution < -0.4 is 5.32 Å². The summed E-state index contributed by atoms with van der Waals surface area (Å²) in [5, 5.41) is 14.8. The molecule has 2 aromatic rings. The number of rotatable bonds is 9. The van der Waals surface area contributed by atoms with Crippen molar-refractivity contribution in [1.82, 2.24) is 14.1 Å². The summed E-state index contributed by atoms with van der Waals surface area (Å²) in [6.45, 7) is 6.27. The van der Waals surface area contributed by atoms with E-state index in [0.717, 1.165) is 30.3 Å². The minimum Gasteiger partial charge on any atom is -0.375 e. The van der Waals surface area contributed by atoms with Gasteiger partial charge in [-0.25, -0.2) is 8.42 Å². The van der Waals surface area contributed by atoms with Crippen LogP contribution in [0.5, 0.6) is 0 Å². The molecule has 1 heterocycles. The second-order valence-corrected chi connectivity index (χ2v) is 10.1. The van der Waals surface area contributed by atoms with Gasteiger partial charge in [0, 0.05) is 45.3 Å². The van der Waals surface area contributed by atoms with Crippen molar-refractivity contribution < 1.29 is 13.3 Å². The molecular weight excluding hydrogens is 430 g/mol. The highest BCUT2D eigenvalue weighted by Gasteiger charge is 2.29. The molecule has 0 atom stereocenters. The van der Waals surface area contributed by atoms with Gasteiger partial charge in [-0.05, 0) is 43.9 Å². The van der Waals surface area contributed by atoms with Crippen molar-refractivity contribution in [2.24, 2.45) is 0 Å². The molecule has 10 heteroatoms. The van der Waals surface area contributed by atoms with Crippen LogP contribution in [-0.2, 0) is 23.1 Å². The van der Waals surface area contributed by atoms with Crippen molar-refractivity contribution in [2.45, 2.75) is 24.9 Å². The Balaban J connectivity index is 1.77. The topological polar surface area (TPSA) is 99.0 Å². The van der Waals surface area contributed by atoms with Gasteiger partial charge in [-0.15, -0.1) is 0 Å². The lowest BCUT2D eigenvalue weighted by molar-refractivity contribution is -0.384. The Kier molecular flexibility index (Phi) is 7.83. The Hall–Kier alpha value is -2.53. The molecule has 0 saturated carbocycles. The van der Waals surface area contributed by atoms with E-state index >= 15 is 0 Å². The zero-order valence-corrected chi connectivity index (χ0v) is 19.6. The first kappa shape index (κ1) is 24.1. The molecule has 0 spiro atoms. The molecule has 1 N–H and O–H groups in total. The second-order valence-electron chi connectivity index (χ2n) is 8.15. The average molecular weight is 462 g/mol. The Bertz CT molecular complexity index is 1050. The number of nitro benzene ring substituents is 1. The van der Waals surface area contributed by atoms with E-state index in [-0.39, 0.29) is 10.6 Å². The van der Waals surface area contributed by atoms with Crippen LogP contribution in [0.3, 0.4) is 0 Å². The Morgan fingerprint density at radius 2 is 1.78 bits per heavy atom. The van der Waals surface area contributed by atoms with Crippen LogP contribution in [0, 0.1) is 10.1 Å². The Labute approximate surface area is 189 Å². The van der Waals surface area contributed by atoms with Crippen LogP contribution in [0.1, 0.15) is 18.1 Å². The van der Waals surface area contributed by atoms with E-state index in [9.17, 15) is 18.5 Å². The fourth-order valence-electron chi connectivity index (χ4n) is 3.61. The summed E-state index contributed by atoms with van der Waals surface area (Å²) >= 11 is 0. The van der Waals surface area contributed by atoms with E-state index in [1.165, 1.54) is 16.4 Å². The molecule has 0 aromatic heterocycles. The van der Waals surface area contributed by atoms with Crippen molar-refractivity contribution in [3.05, 3.63) is 63.7 Å². The Morgan fingerprint density at radius 3 is 2.44 bits per heavy atom. The highest BCUT2D eigenvalue weighted by atomic mass is 32.2. The van der Waals surface area contributed by atoms with Gasteiger partial charge in [-0.3, -0.25) is 10.1 Å². The largest absolute Gasteiger partial charge is 0.375 e. The summed E-state index contributed by atoms with van der Waals surface area (Å²) in [4.78, 5) is 15.3. The zero-order chi connectivity index (χ0) is 23.3. The standard InChI is InChI=1S/C22H31N5O4S/c1-4-24(2)17-19-7-5-6-18(14-19)16-23-21-9-8-20(15-22(21)27(28)29)32(30,31)26-12-10-25(3)11-13-26/h5-9,14-15,23H,4,10-13,16-17H2,1-3H3. The lowest BCUT2D eigenvalue weighted by Gasteiger charge is -2.31. The zero-order valence-electron chi connectivity index (χ0n) is 18.8. The highest BCUT2D eigenvalue weighted by Crippen LogP contribution is 2.30. The molecule has 0 bridgehead atoms. The van der Waals surface area contributed by atoms with Crippen LogP contribution in [0.2, 0.25) is 0 Å². The van der Waals surface area contributed by atoms with Gasteiger partial charge in [0.25, 0.3) is 5.69 Å².